The van der Waals surface area contributed by atoms with Crippen LogP contribution in [0, 0.1) is 3.57 Å². The van der Waals surface area contributed by atoms with Crippen LogP contribution in [0.1, 0.15) is 36.0 Å². The zero-order valence-corrected chi connectivity index (χ0v) is 17.3. The van der Waals surface area contributed by atoms with Crippen molar-refractivity contribution in [3.8, 4) is 0 Å². The average molecular weight is 484 g/mol. The Morgan fingerprint density at radius 1 is 0.923 bits per heavy atom. The van der Waals surface area contributed by atoms with Crippen LogP contribution >= 0.6 is 22.6 Å². The summed E-state index contributed by atoms with van der Waals surface area (Å²) in [5.74, 6) is -0.210. The van der Waals surface area contributed by atoms with Gasteiger partial charge in [-0.15, -0.1) is 0 Å². The van der Waals surface area contributed by atoms with E-state index < -0.39 is 10.0 Å². The van der Waals surface area contributed by atoms with Crippen LogP contribution < -0.4 is 5.32 Å². The Hall–Kier alpha value is -1.45. The van der Waals surface area contributed by atoms with Gasteiger partial charge in [0.05, 0.1) is 10.5 Å². The van der Waals surface area contributed by atoms with Crippen molar-refractivity contribution >= 4 is 44.2 Å². The predicted molar refractivity (Wildman–Crippen MR) is 111 cm³/mol. The molecule has 0 aromatic heterocycles. The fraction of sp³-hybridized carbons (Fsp3) is 0.316. The Balaban J connectivity index is 1.74. The number of nitrogens with zero attached hydrogens (tertiary/aromatic N) is 1. The fourth-order valence-electron chi connectivity index (χ4n) is 2.99. The third-order valence-corrected chi connectivity index (χ3v) is 7.29. The molecule has 1 fully saturated rings. The standard InChI is InChI=1S/C19H21IN2O3S/c20-18-8-4-3-7-17(18)19(23)21-15-9-11-16(12-10-15)26(24,25)22-13-5-1-2-6-14-22/h3-4,7-12H,1-2,5-6,13-14H2,(H,21,23). The molecule has 3 rings (SSSR count). The van der Waals surface area contributed by atoms with Gasteiger partial charge in [0.25, 0.3) is 5.91 Å². The molecular weight excluding hydrogens is 463 g/mol. The molecule has 0 saturated carbocycles. The highest BCUT2D eigenvalue weighted by Crippen LogP contribution is 2.22. The van der Waals surface area contributed by atoms with Gasteiger partial charge in [0.1, 0.15) is 0 Å². The maximum Gasteiger partial charge on any atom is 0.256 e. The minimum absolute atomic E-state index is 0.210. The average Bonchev–Trinajstić information content (AvgIpc) is 2.92. The number of sulfonamides is 1. The number of nitrogens with one attached hydrogen (secondary N) is 1. The molecule has 0 atom stereocenters. The van der Waals surface area contributed by atoms with Crippen LogP contribution in [0.2, 0.25) is 0 Å². The molecule has 2 aromatic carbocycles. The maximum atomic E-state index is 12.8. The van der Waals surface area contributed by atoms with Crippen LogP contribution in [-0.2, 0) is 10.0 Å². The predicted octanol–water partition coefficient (Wildman–Crippen LogP) is 4.11. The van der Waals surface area contributed by atoms with Crippen LogP contribution in [-0.4, -0.2) is 31.7 Å². The summed E-state index contributed by atoms with van der Waals surface area (Å²) in [6.07, 6.45) is 3.97. The van der Waals surface area contributed by atoms with E-state index in [2.05, 4.69) is 27.9 Å². The van der Waals surface area contributed by atoms with E-state index in [-0.39, 0.29) is 10.8 Å². The van der Waals surface area contributed by atoms with Crippen molar-refractivity contribution in [1.29, 1.82) is 0 Å². The number of benzene rings is 2. The first-order valence-corrected chi connectivity index (χ1v) is 11.2. The lowest BCUT2D eigenvalue weighted by atomic mass is 10.2. The summed E-state index contributed by atoms with van der Waals surface area (Å²) < 4.78 is 28.0. The second-order valence-electron chi connectivity index (χ2n) is 6.28. The van der Waals surface area contributed by atoms with Crippen LogP contribution in [0.4, 0.5) is 5.69 Å². The minimum Gasteiger partial charge on any atom is -0.322 e. The molecule has 1 saturated heterocycles. The summed E-state index contributed by atoms with van der Waals surface area (Å²) in [5, 5.41) is 2.82. The Kier molecular flexibility index (Phi) is 6.31. The normalized spacial score (nSPS) is 16.0. The lowest BCUT2D eigenvalue weighted by Crippen LogP contribution is -2.31. The van der Waals surface area contributed by atoms with E-state index in [1.165, 1.54) is 0 Å². The SMILES string of the molecule is O=C(Nc1ccc(S(=O)(=O)N2CCCCCC2)cc1)c1ccccc1I. The van der Waals surface area contributed by atoms with Crippen molar-refractivity contribution in [3.63, 3.8) is 0 Å². The molecule has 0 radical (unpaired) electrons. The van der Waals surface area contributed by atoms with Gasteiger partial charge < -0.3 is 5.32 Å². The first kappa shape index (κ1) is 19.3. The molecule has 0 aliphatic carbocycles. The topological polar surface area (TPSA) is 66.5 Å². The van der Waals surface area contributed by atoms with Gasteiger partial charge in [-0.1, -0.05) is 25.0 Å². The number of carbonyl (C=O) groups is 1. The molecule has 1 amide bonds. The van der Waals surface area contributed by atoms with Crippen molar-refractivity contribution in [1.82, 2.24) is 4.31 Å². The molecule has 5 nitrogen and oxygen atoms in total. The smallest absolute Gasteiger partial charge is 0.256 e. The first-order valence-electron chi connectivity index (χ1n) is 8.64. The monoisotopic (exact) mass is 484 g/mol. The zero-order chi connectivity index (χ0) is 18.6. The Bertz CT molecular complexity index is 874. The number of halogens is 1. The summed E-state index contributed by atoms with van der Waals surface area (Å²) in [4.78, 5) is 12.6. The Labute approximate surface area is 168 Å². The molecule has 138 valence electrons. The zero-order valence-electron chi connectivity index (χ0n) is 14.3. The van der Waals surface area contributed by atoms with Crippen molar-refractivity contribution in [2.75, 3.05) is 18.4 Å². The third-order valence-electron chi connectivity index (χ3n) is 4.43. The maximum absolute atomic E-state index is 12.8. The van der Waals surface area contributed by atoms with E-state index in [4.69, 9.17) is 0 Å². The molecule has 7 heteroatoms. The lowest BCUT2D eigenvalue weighted by Gasteiger charge is -2.20. The van der Waals surface area contributed by atoms with Gasteiger partial charge in [-0.25, -0.2) is 8.42 Å². The van der Waals surface area contributed by atoms with E-state index in [0.29, 0.717) is 24.3 Å². The van der Waals surface area contributed by atoms with Crippen LogP contribution in [0.5, 0.6) is 0 Å². The molecule has 0 unspecified atom stereocenters. The Morgan fingerprint density at radius 2 is 1.54 bits per heavy atom. The van der Waals surface area contributed by atoms with E-state index in [1.54, 1.807) is 34.6 Å². The first-order chi connectivity index (χ1) is 12.5. The molecule has 1 aliphatic heterocycles. The summed E-state index contributed by atoms with van der Waals surface area (Å²) >= 11 is 2.12. The molecule has 1 heterocycles. The van der Waals surface area contributed by atoms with E-state index in [9.17, 15) is 13.2 Å². The number of carbonyl (C=O) groups excluding carboxylic acids is 1. The van der Waals surface area contributed by atoms with Gasteiger partial charge in [-0.05, 0) is 71.8 Å². The number of rotatable bonds is 4. The number of hydrogen-bond acceptors (Lipinski definition) is 3. The van der Waals surface area contributed by atoms with Crippen molar-refractivity contribution < 1.29 is 13.2 Å². The van der Waals surface area contributed by atoms with Crippen molar-refractivity contribution in [2.24, 2.45) is 0 Å². The minimum atomic E-state index is -3.47. The van der Waals surface area contributed by atoms with E-state index in [1.807, 2.05) is 18.2 Å². The molecule has 0 bridgehead atoms. The van der Waals surface area contributed by atoms with Gasteiger partial charge in [-0.3, -0.25) is 4.79 Å². The molecular formula is C19H21IN2O3S. The number of hydrogen-bond donors (Lipinski definition) is 1. The highest BCUT2D eigenvalue weighted by molar-refractivity contribution is 14.1. The van der Waals surface area contributed by atoms with E-state index >= 15 is 0 Å². The highest BCUT2D eigenvalue weighted by Gasteiger charge is 2.25. The fourth-order valence-corrected chi connectivity index (χ4v) is 5.13. The van der Waals surface area contributed by atoms with Crippen molar-refractivity contribution in [3.05, 3.63) is 57.7 Å². The second-order valence-corrected chi connectivity index (χ2v) is 9.38. The third kappa shape index (κ3) is 4.44. The van der Waals surface area contributed by atoms with E-state index in [0.717, 1.165) is 29.3 Å². The van der Waals surface area contributed by atoms with Gasteiger partial charge in [-0.2, -0.15) is 4.31 Å². The number of amides is 1. The lowest BCUT2D eigenvalue weighted by molar-refractivity contribution is 0.102. The van der Waals surface area contributed by atoms with Crippen molar-refractivity contribution in [2.45, 2.75) is 30.6 Å². The summed E-state index contributed by atoms with van der Waals surface area (Å²) in [5.41, 5.74) is 1.17. The summed E-state index contributed by atoms with van der Waals surface area (Å²) in [6.45, 7) is 1.15. The van der Waals surface area contributed by atoms with Crippen LogP contribution in [0.3, 0.4) is 0 Å². The molecule has 2 aromatic rings. The molecule has 0 spiro atoms. The highest BCUT2D eigenvalue weighted by atomic mass is 127. The van der Waals surface area contributed by atoms with Crippen LogP contribution in [0.25, 0.3) is 0 Å². The largest absolute Gasteiger partial charge is 0.322 e. The quantitative estimate of drug-likeness (QED) is 0.665. The summed E-state index contributed by atoms with van der Waals surface area (Å²) in [7, 11) is -3.47. The molecule has 1 N–H and O–H groups in total. The van der Waals surface area contributed by atoms with Gasteiger partial charge in [0.2, 0.25) is 10.0 Å². The van der Waals surface area contributed by atoms with Gasteiger partial charge in [0, 0.05) is 22.3 Å². The van der Waals surface area contributed by atoms with Gasteiger partial charge >= 0.3 is 0 Å². The summed E-state index contributed by atoms with van der Waals surface area (Å²) in [6, 6.07) is 13.7. The second kappa shape index (κ2) is 8.49. The number of anilines is 1. The molecule has 1 aliphatic rings. The molecule has 26 heavy (non-hydrogen) atoms. The van der Waals surface area contributed by atoms with Gasteiger partial charge in [0.15, 0.2) is 0 Å². The van der Waals surface area contributed by atoms with Crippen LogP contribution in [0.15, 0.2) is 53.4 Å². The Morgan fingerprint density at radius 3 is 2.15 bits per heavy atom.